The zero-order valence-electron chi connectivity index (χ0n) is 13.5. The van der Waals surface area contributed by atoms with Gasteiger partial charge in [-0.05, 0) is 47.2 Å². The minimum atomic E-state index is -0.0223. The van der Waals surface area contributed by atoms with Crippen molar-refractivity contribution in [3.05, 3.63) is 83.4 Å². The first-order chi connectivity index (χ1) is 11.7. The van der Waals surface area contributed by atoms with E-state index in [1.807, 2.05) is 18.2 Å². The molecule has 0 unspecified atom stereocenters. The Bertz CT molecular complexity index is 773. The zero-order chi connectivity index (χ0) is 16.8. The van der Waals surface area contributed by atoms with Crippen molar-refractivity contribution in [1.82, 2.24) is 5.32 Å². The SMILES string of the molecule is O=C(Cc1ccc(C2=CC=CCC2)cc1)NCc1cccc(O)c1. The number of hydrogen-bond donors (Lipinski definition) is 2. The Balaban J connectivity index is 1.54. The van der Waals surface area contributed by atoms with Crippen molar-refractivity contribution < 1.29 is 9.90 Å². The number of carbonyl (C=O) groups is 1. The van der Waals surface area contributed by atoms with Gasteiger partial charge in [0.15, 0.2) is 0 Å². The third-order valence-electron chi connectivity index (χ3n) is 4.10. The highest BCUT2D eigenvalue weighted by molar-refractivity contribution is 5.79. The van der Waals surface area contributed by atoms with Crippen LogP contribution in [0.2, 0.25) is 0 Å². The van der Waals surface area contributed by atoms with Crippen LogP contribution in [-0.4, -0.2) is 11.0 Å². The Labute approximate surface area is 142 Å². The lowest BCUT2D eigenvalue weighted by Gasteiger charge is -2.10. The second-order valence-electron chi connectivity index (χ2n) is 5.98. The molecule has 0 fully saturated rings. The van der Waals surface area contributed by atoms with E-state index in [1.165, 1.54) is 11.1 Å². The van der Waals surface area contributed by atoms with E-state index in [0.29, 0.717) is 13.0 Å². The van der Waals surface area contributed by atoms with Gasteiger partial charge in [0, 0.05) is 6.54 Å². The molecule has 2 N–H and O–H groups in total. The second kappa shape index (κ2) is 7.64. The van der Waals surface area contributed by atoms with Crippen LogP contribution >= 0.6 is 0 Å². The highest BCUT2D eigenvalue weighted by atomic mass is 16.3. The molecule has 2 aromatic carbocycles. The number of hydrogen-bond acceptors (Lipinski definition) is 2. The summed E-state index contributed by atoms with van der Waals surface area (Å²) in [6, 6.07) is 15.1. The molecule has 0 aliphatic heterocycles. The fraction of sp³-hybridized carbons (Fsp3) is 0.190. The molecule has 122 valence electrons. The lowest BCUT2D eigenvalue weighted by molar-refractivity contribution is -0.120. The van der Waals surface area contributed by atoms with Gasteiger partial charge < -0.3 is 10.4 Å². The van der Waals surface area contributed by atoms with Crippen molar-refractivity contribution in [1.29, 1.82) is 0 Å². The van der Waals surface area contributed by atoms with Gasteiger partial charge in [0.25, 0.3) is 0 Å². The molecule has 0 bridgehead atoms. The molecule has 3 rings (SSSR count). The highest BCUT2D eigenvalue weighted by Crippen LogP contribution is 2.23. The number of phenols is 1. The molecule has 0 aromatic heterocycles. The van der Waals surface area contributed by atoms with E-state index < -0.39 is 0 Å². The van der Waals surface area contributed by atoms with Gasteiger partial charge in [-0.25, -0.2) is 0 Å². The third kappa shape index (κ3) is 4.35. The molecule has 0 saturated carbocycles. The number of amides is 1. The summed E-state index contributed by atoms with van der Waals surface area (Å²) in [5.41, 5.74) is 4.45. The largest absolute Gasteiger partial charge is 0.508 e. The molecule has 0 saturated heterocycles. The Morgan fingerprint density at radius 1 is 1.08 bits per heavy atom. The summed E-state index contributed by atoms with van der Waals surface area (Å²) in [5, 5.41) is 12.3. The Morgan fingerprint density at radius 2 is 1.92 bits per heavy atom. The number of rotatable bonds is 5. The number of carbonyl (C=O) groups excluding carboxylic acids is 1. The average Bonchev–Trinajstić information content (AvgIpc) is 2.61. The molecule has 1 aliphatic carbocycles. The molecule has 0 heterocycles. The minimum Gasteiger partial charge on any atom is -0.508 e. The van der Waals surface area contributed by atoms with Crippen molar-refractivity contribution in [2.24, 2.45) is 0 Å². The molecule has 3 nitrogen and oxygen atoms in total. The predicted molar refractivity (Wildman–Crippen MR) is 96.5 cm³/mol. The van der Waals surface area contributed by atoms with Crippen LogP contribution in [0.25, 0.3) is 5.57 Å². The maximum absolute atomic E-state index is 12.1. The lowest BCUT2D eigenvalue weighted by atomic mass is 9.96. The summed E-state index contributed by atoms with van der Waals surface area (Å²) in [7, 11) is 0. The first kappa shape index (κ1) is 16.1. The van der Waals surface area contributed by atoms with E-state index in [0.717, 1.165) is 24.0 Å². The van der Waals surface area contributed by atoms with Gasteiger partial charge in [0.2, 0.25) is 5.91 Å². The molecule has 0 radical (unpaired) electrons. The standard InChI is InChI=1S/C21H21NO2/c23-20-8-4-5-17(13-20)15-22-21(24)14-16-9-11-19(12-10-16)18-6-2-1-3-7-18/h1-2,4-6,8-13,23H,3,7,14-15H2,(H,22,24). The van der Waals surface area contributed by atoms with Crippen LogP contribution in [0.5, 0.6) is 5.75 Å². The van der Waals surface area contributed by atoms with E-state index >= 15 is 0 Å². The second-order valence-corrected chi connectivity index (χ2v) is 5.98. The van der Waals surface area contributed by atoms with Crippen molar-refractivity contribution in [2.75, 3.05) is 0 Å². The number of phenolic OH excluding ortho intramolecular Hbond substituents is 1. The quantitative estimate of drug-likeness (QED) is 0.875. The van der Waals surface area contributed by atoms with Crippen molar-refractivity contribution >= 4 is 11.5 Å². The van der Waals surface area contributed by atoms with Crippen molar-refractivity contribution in [2.45, 2.75) is 25.8 Å². The molecule has 0 atom stereocenters. The van der Waals surface area contributed by atoms with Gasteiger partial charge in [-0.15, -0.1) is 0 Å². The first-order valence-electron chi connectivity index (χ1n) is 8.20. The molecule has 2 aromatic rings. The van der Waals surface area contributed by atoms with Gasteiger partial charge in [-0.1, -0.05) is 54.6 Å². The number of aromatic hydroxyl groups is 1. The van der Waals surface area contributed by atoms with Crippen LogP contribution < -0.4 is 5.32 Å². The zero-order valence-corrected chi connectivity index (χ0v) is 13.5. The summed E-state index contributed by atoms with van der Waals surface area (Å²) < 4.78 is 0. The number of nitrogens with one attached hydrogen (secondary N) is 1. The van der Waals surface area contributed by atoms with Gasteiger partial charge >= 0.3 is 0 Å². The number of benzene rings is 2. The van der Waals surface area contributed by atoms with E-state index in [2.05, 4.69) is 35.7 Å². The van der Waals surface area contributed by atoms with Crippen LogP contribution in [0.15, 0.2) is 66.8 Å². The van der Waals surface area contributed by atoms with Crippen molar-refractivity contribution in [3.8, 4) is 5.75 Å². The Hall–Kier alpha value is -2.81. The molecule has 1 amide bonds. The van der Waals surface area contributed by atoms with E-state index in [-0.39, 0.29) is 11.7 Å². The average molecular weight is 319 g/mol. The maximum Gasteiger partial charge on any atom is 0.224 e. The predicted octanol–water partition coefficient (Wildman–Crippen LogP) is 3.98. The molecular formula is C21H21NO2. The fourth-order valence-corrected chi connectivity index (χ4v) is 2.79. The molecule has 0 spiro atoms. The van der Waals surface area contributed by atoms with Gasteiger partial charge in [0.05, 0.1) is 6.42 Å². The monoisotopic (exact) mass is 319 g/mol. The lowest BCUT2D eigenvalue weighted by Crippen LogP contribution is -2.24. The third-order valence-corrected chi connectivity index (χ3v) is 4.10. The normalized spacial score (nSPS) is 13.4. The molecule has 3 heteroatoms. The highest BCUT2D eigenvalue weighted by Gasteiger charge is 2.06. The summed E-state index contributed by atoms with van der Waals surface area (Å²) in [6.07, 6.45) is 8.94. The van der Waals surface area contributed by atoms with Crippen molar-refractivity contribution in [3.63, 3.8) is 0 Å². The van der Waals surface area contributed by atoms with Crippen LogP contribution in [-0.2, 0) is 17.8 Å². The number of allylic oxidation sites excluding steroid dienone is 4. The summed E-state index contributed by atoms with van der Waals surface area (Å²) in [5.74, 6) is 0.190. The smallest absolute Gasteiger partial charge is 0.224 e. The molecule has 1 aliphatic rings. The van der Waals surface area contributed by atoms with E-state index in [4.69, 9.17) is 0 Å². The molecule has 24 heavy (non-hydrogen) atoms. The summed E-state index contributed by atoms with van der Waals surface area (Å²) in [4.78, 5) is 12.1. The summed E-state index contributed by atoms with van der Waals surface area (Å²) >= 11 is 0. The topological polar surface area (TPSA) is 49.3 Å². The Kier molecular flexibility index (Phi) is 5.12. The van der Waals surface area contributed by atoms with E-state index in [9.17, 15) is 9.90 Å². The van der Waals surface area contributed by atoms with Crippen LogP contribution in [0, 0.1) is 0 Å². The minimum absolute atomic E-state index is 0.0223. The van der Waals surface area contributed by atoms with Crippen LogP contribution in [0.4, 0.5) is 0 Å². The fourth-order valence-electron chi connectivity index (χ4n) is 2.79. The van der Waals surface area contributed by atoms with Gasteiger partial charge in [0.1, 0.15) is 5.75 Å². The van der Waals surface area contributed by atoms with Gasteiger partial charge in [-0.3, -0.25) is 4.79 Å². The molecular weight excluding hydrogens is 298 g/mol. The van der Waals surface area contributed by atoms with E-state index in [1.54, 1.807) is 18.2 Å². The van der Waals surface area contributed by atoms with Crippen LogP contribution in [0.1, 0.15) is 29.5 Å². The first-order valence-corrected chi connectivity index (χ1v) is 8.20. The van der Waals surface area contributed by atoms with Gasteiger partial charge in [-0.2, -0.15) is 0 Å². The maximum atomic E-state index is 12.1. The Morgan fingerprint density at radius 3 is 2.62 bits per heavy atom. The van der Waals surface area contributed by atoms with Crippen LogP contribution in [0.3, 0.4) is 0 Å². The summed E-state index contributed by atoms with van der Waals surface area (Å²) in [6.45, 7) is 0.421.